The van der Waals surface area contributed by atoms with Gasteiger partial charge in [0, 0.05) is 42.0 Å². The first kappa shape index (κ1) is 19.3. The highest BCUT2D eigenvalue weighted by Crippen LogP contribution is 2.18. The van der Waals surface area contributed by atoms with Crippen LogP contribution in [0.1, 0.15) is 5.56 Å². The lowest BCUT2D eigenvalue weighted by Crippen LogP contribution is -2.27. The highest BCUT2D eigenvalue weighted by molar-refractivity contribution is 6.18. The standard InChI is InChI=1S/C20H19Cl2N3O2/c21-9-11-25(12-10-22)18-5-1-15(2-6-18)14-23-24-17-4-7-19-16(13-17)3-8-20(26)27-19/h1-8,13-14,24H,9-12H2. The first-order valence-corrected chi connectivity index (χ1v) is 9.56. The molecule has 0 atom stereocenters. The van der Waals surface area contributed by atoms with Crippen LogP contribution in [0.25, 0.3) is 11.0 Å². The van der Waals surface area contributed by atoms with Crippen molar-refractivity contribution in [2.45, 2.75) is 0 Å². The van der Waals surface area contributed by atoms with Gasteiger partial charge in [-0.1, -0.05) is 12.1 Å². The van der Waals surface area contributed by atoms with Crippen molar-refractivity contribution in [3.05, 3.63) is 70.6 Å². The van der Waals surface area contributed by atoms with Crippen LogP contribution in [0.3, 0.4) is 0 Å². The summed E-state index contributed by atoms with van der Waals surface area (Å²) < 4.78 is 5.11. The summed E-state index contributed by atoms with van der Waals surface area (Å²) in [6.45, 7) is 1.51. The Morgan fingerprint density at radius 3 is 2.44 bits per heavy atom. The molecular formula is C20H19Cl2N3O2. The smallest absolute Gasteiger partial charge is 0.336 e. The van der Waals surface area contributed by atoms with Crippen LogP contribution >= 0.6 is 23.2 Å². The summed E-state index contributed by atoms with van der Waals surface area (Å²) in [6.07, 6.45) is 1.74. The third-order valence-corrected chi connectivity index (χ3v) is 4.33. The zero-order valence-corrected chi connectivity index (χ0v) is 16.1. The number of alkyl halides is 2. The number of rotatable bonds is 8. The lowest BCUT2D eigenvalue weighted by molar-refractivity contribution is 0.561. The predicted molar refractivity (Wildman–Crippen MR) is 114 cm³/mol. The topological polar surface area (TPSA) is 57.8 Å². The van der Waals surface area contributed by atoms with Crippen LogP contribution in [0.5, 0.6) is 0 Å². The SMILES string of the molecule is O=c1ccc2cc(NN=Cc3ccc(N(CCCl)CCCl)cc3)ccc2o1. The Bertz CT molecular complexity index is 965. The van der Waals surface area contributed by atoms with E-state index >= 15 is 0 Å². The molecule has 0 aliphatic rings. The molecule has 0 unspecified atom stereocenters. The second kappa shape index (κ2) is 9.44. The number of nitrogens with zero attached hydrogens (tertiary/aromatic N) is 2. The van der Waals surface area contributed by atoms with Crippen LogP contribution in [-0.2, 0) is 0 Å². The molecule has 1 N–H and O–H groups in total. The molecule has 2 aromatic carbocycles. The van der Waals surface area contributed by atoms with Crippen molar-refractivity contribution in [2.75, 3.05) is 35.2 Å². The van der Waals surface area contributed by atoms with Crippen LogP contribution in [-0.4, -0.2) is 31.1 Å². The van der Waals surface area contributed by atoms with Gasteiger partial charge in [-0.3, -0.25) is 5.43 Å². The van der Waals surface area contributed by atoms with Crippen molar-refractivity contribution >= 4 is 51.8 Å². The number of hydrazone groups is 1. The molecule has 0 amide bonds. The molecule has 0 spiro atoms. The van der Waals surface area contributed by atoms with Gasteiger partial charge in [-0.2, -0.15) is 5.10 Å². The summed E-state index contributed by atoms with van der Waals surface area (Å²) in [5, 5.41) is 5.09. The fraction of sp³-hybridized carbons (Fsp3) is 0.200. The zero-order valence-electron chi connectivity index (χ0n) is 14.6. The van der Waals surface area contributed by atoms with Gasteiger partial charge < -0.3 is 9.32 Å². The molecule has 27 heavy (non-hydrogen) atoms. The minimum Gasteiger partial charge on any atom is -0.423 e. The molecule has 0 aliphatic heterocycles. The van der Waals surface area contributed by atoms with E-state index in [0.29, 0.717) is 17.3 Å². The molecule has 0 radical (unpaired) electrons. The highest BCUT2D eigenvalue weighted by Gasteiger charge is 2.04. The average Bonchev–Trinajstić information content (AvgIpc) is 2.68. The van der Waals surface area contributed by atoms with Gasteiger partial charge in [0.2, 0.25) is 0 Å². The number of nitrogens with one attached hydrogen (secondary N) is 1. The van der Waals surface area contributed by atoms with Crippen molar-refractivity contribution in [2.24, 2.45) is 5.10 Å². The Kier molecular flexibility index (Phi) is 6.74. The zero-order chi connectivity index (χ0) is 19.1. The molecular weight excluding hydrogens is 385 g/mol. The molecule has 0 fully saturated rings. The van der Waals surface area contributed by atoms with E-state index in [2.05, 4.69) is 15.4 Å². The first-order valence-electron chi connectivity index (χ1n) is 8.49. The quantitative estimate of drug-likeness (QED) is 0.260. The summed E-state index contributed by atoms with van der Waals surface area (Å²) in [5.74, 6) is 1.11. The van der Waals surface area contributed by atoms with E-state index in [1.54, 1.807) is 18.3 Å². The maximum atomic E-state index is 11.2. The molecule has 3 aromatic rings. The van der Waals surface area contributed by atoms with E-state index < -0.39 is 0 Å². The van der Waals surface area contributed by atoms with Crippen molar-refractivity contribution in [3.63, 3.8) is 0 Å². The van der Waals surface area contributed by atoms with Gasteiger partial charge in [-0.05, 0) is 42.0 Å². The first-order chi connectivity index (χ1) is 13.2. The minimum atomic E-state index is -0.361. The minimum absolute atomic E-state index is 0.361. The molecule has 1 heterocycles. The summed E-state index contributed by atoms with van der Waals surface area (Å²) in [4.78, 5) is 13.4. The van der Waals surface area contributed by atoms with Crippen LogP contribution in [0.4, 0.5) is 11.4 Å². The lowest BCUT2D eigenvalue weighted by Gasteiger charge is -2.22. The van der Waals surface area contributed by atoms with Gasteiger partial charge in [0.15, 0.2) is 0 Å². The van der Waals surface area contributed by atoms with E-state index in [1.807, 2.05) is 36.4 Å². The Hall–Kier alpha value is -2.50. The van der Waals surface area contributed by atoms with Crippen molar-refractivity contribution < 1.29 is 4.42 Å². The van der Waals surface area contributed by atoms with E-state index in [4.69, 9.17) is 27.6 Å². The average molecular weight is 404 g/mol. The van der Waals surface area contributed by atoms with Gasteiger partial charge in [0.25, 0.3) is 0 Å². The number of anilines is 2. The summed E-state index contributed by atoms with van der Waals surface area (Å²) in [7, 11) is 0. The van der Waals surface area contributed by atoms with Crippen LogP contribution in [0.2, 0.25) is 0 Å². The molecule has 3 rings (SSSR count). The molecule has 0 saturated heterocycles. The van der Waals surface area contributed by atoms with Crippen molar-refractivity contribution in [1.29, 1.82) is 0 Å². The van der Waals surface area contributed by atoms with Gasteiger partial charge in [0.05, 0.1) is 11.9 Å². The Morgan fingerprint density at radius 1 is 1.00 bits per heavy atom. The highest BCUT2D eigenvalue weighted by atomic mass is 35.5. The summed E-state index contributed by atoms with van der Waals surface area (Å²) in [6, 6.07) is 16.6. The number of hydrogen-bond donors (Lipinski definition) is 1. The fourth-order valence-electron chi connectivity index (χ4n) is 2.67. The monoisotopic (exact) mass is 403 g/mol. The fourth-order valence-corrected chi connectivity index (χ4v) is 3.08. The van der Waals surface area contributed by atoms with Crippen LogP contribution in [0.15, 0.2) is 68.9 Å². The maximum Gasteiger partial charge on any atom is 0.336 e. The molecule has 5 nitrogen and oxygen atoms in total. The van der Waals surface area contributed by atoms with E-state index in [-0.39, 0.29) is 5.63 Å². The molecule has 0 saturated carbocycles. The van der Waals surface area contributed by atoms with Crippen LogP contribution < -0.4 is 16.0 Å². The normalized spacial score (nSPS) is 11.2. The maximum absolute atomic E-state index is 11.2. The molecule has 7 heteroatoms. The van der Waals surface area contributed by atoms with E-state index in [0.717, 1.165) is 35.4 Å². The summed E-state index contributed by atoms with van der Waals surface area (Å²) in [5.41, 5.74) is 6.02. The molecule has 1 aromatic heterocycles. The second-order valence-electron chi connectivity index (χ2n) is 5.83. The molecule has 140 valence electrons. The number of hydrogen-bond acceptors (Lipinski definition) is 5. The third-order valence-electron chi connectivity index (χ3n) is 3.99. The lowest BCUT2D eigenvalue weighted by atomic mass is 10.2. The van der Waals surface area contributed by atoms with E-state index in [1.165, 1.54) is 6.07 Å². The summed E-state index contributed by atoms with van der Waals surface area (Å²) >= 11 is 11.7. The largest absolute Gasteiger partial charge is 0.423 e. The Labute approximate surface area is 167 Å². The van der Waals surface area contributed by atoms with Gasteiger partial charge in [-0.15, -0.1) is 23.2 Å². The number of halogens is 2. The van der Waals surface area contributed by atoms with Crippen LogP contribution in [0, 0.1) is 0 Å². The second-order valence-corrected chi connectivity index (χ2v) is 6.59. The van der Waals surface area contributed by atoms with E-state index in [9.17, 15) is 4.79 Å². The third kappa shape index (κ3) is 5.25. The molecule has 0 aliphatic carbocycles. The number of benzene rings is 2. The number of fused-ring (bicyclic) bond motifs is 1. The van der Waals surface area contributed by atoms with Gasteiger partial charge >= 0.3 is 5.63 Å². The Balaban J connectivity index is 1.65. The van der Waals surface area contributed by atoms with Crippen molar-refractivity contribution in [1.82, 2.24) is 0 Å². The predicted octanol–water partition coefficient (Wildman–Crippen LogP) is 4.52. The van der Waals surface area contributed by atoms with Gasteiger partial charge in [0.1, 0.15) is 5.58 Å². The Morgan fingerprint density at radius 2 is 1.74 bits per heavy atom. The van der Waals surface area contributed by atoms with Gasteiger partial charge in [-0.25, -0.2) is 4.79 Å². The van der Waals surface area contributed by atoms with Crippen molar-refractivity contribution in [3.8, 4) is 0 Å². The molecule has 0 bridgehead atoms.